The fraction of sp³-hybridized carbons (Fsp3) is 0.385. The van der Waals surface area contributed by atoms with E-state index in [0.29, 0.717) is 70.6 Å². The summed E-state index contributed by atoms with van der Waals surface area (Å²) in [5.74, 6) is 0.139. The molecular formula is C52H55N3O10. The van der Waals surface area contributed by atoms with Gasteiger partial charge in [-0.15, -0.1) is 6.58 Å². The van der Waals surface area contributed by atoms with E-state index >= 15 is 4.79 Å². The summed E-state index contributed by atoms with van der Waals surface area (Å²) in [5.41, 5.74) is 4.52. The van der Waals surface area contributed by atoms with Crippen molar-refractivity contribution in [1.29, 1.82) is 5.26 Å². The molecule has 338 valence electrons. The minimum absolute atomic E-state index is 0.0133. The van der Waals surface area contributed by atoms with E-state index in [2.05, 4.69) is 18.7 Å². The van der Waals surface area contributed by atoms with Crippen molar-refractivity contribution < 1.29 is 48.3 Å². The highest BCUT2D eigenvalue weighted by Gasteiger charge is 2.65. The summed E-state index contributed by atoms with van der Waals surface area (Å²) >= 11 is 0. The van der Waals surface area contributed by atoms with E-state index in [0.717, 1.165) is 48.7 Å². The molecule has 4 aromatic carbocycles. The van der Waals surface area contributed by atoms with Gasteiger partial charge in [-0.05, 0) is 122 Å². The van der Waals surface area contributed by atoms with Gasteiger partial charge in [-0.2, -0.15) is 5.26 Å². The number of hydrogen-bond acceptors (Lipinski definition) is 12. The molecule has 2 aliphatic carbocycles. The van der Waals surface area contributed by atoms with Gasteiger partial charge in [0.2, 0.25) is 12.6 Å². The van der Waals surface area contributed by atoms with Crippen molar-refractivity contribution >= 4 is 17.9 Å². The first-order valence-corrected chi connectivity index (χ1v) is 22.5. The molecular weight excluding hydrogens is 827 g/mol. The van der Waals surface area contributed by atoms with Gasteiger partial charge < -0.3 is 43.6 Å². The van der Waals surface area contributed by atoms with Crippen molar-refractivity contribution in [2.75, 3.05) is 33.2 Å². The van der Waals surface area contributed by atoms with E-state index in [9.17, 15) is 20.3 Å². The van der Waals surface area contributed by atoms with Gasteiger partial charge in [0.15, 0.2) is 11.5 Å². The van der Waals surface area contributed by atoms with Crippen LogP contribution in [0.5, 0.6) is 28.7 Å². The van der Waals surface area contributed by atoms with Crippen LogP contribution in [0.1, 0.15) is 95.2 Å². The zero-order chi connectivity index (χ0) is 45.3. The Morgan fingerprint density at radius 3 is 2.48 bits per heavy atom. The highest BCUT2D eigenvalue weighted by atomic mass is 16.7. The molecule has 1 saturated carbocycles. The van der Waals surface area contributed by atoms with Crippen LogP contribution in [0, 0.1) is 29.1 Å². The third-order valence-electron chi connectivity index (χ3n) is 12.9. The molecule has 4 aromatic rings. The maximum atomic E-state index is 15.4. The molecule has 2 aliphatic heterocycles. The van der Waals surface area contributed by atoms with Crippen molar-refractivity contribution in [3.63, 3.8) is 0 Å². The Kier molecular flexibility index (Phi) is 14.3. The average Bonchev–Trinajstić information content (AvgIpc) is 3.81. The molecule has 0 unspecified atom stereocenters. The van der Waals surface area contributed by atoms with E-state index in [4.69, 9.17) is 33.7 Å². The molecule has 65 heavy (non-hydrogen) atoms. The molecule has 2 N–H and O–H groups in total. The van der Waals surface area contributed by atoms with Crippen LogP contribution in [0.3, 0.4) is 0 Å². The molecule has 2 heterocycles. The first kappa shape index (κ1) is 45.1. The van der Waals surface area contributed by atoms with Gasteiger partial charge >= 0.3 is 0 Å². The number of carbonyl (C=O) groups excluding carboxylic acids is 2. The van der Waals surface area contributed by atoms with Crippen molar-refractivity contribution in [3.05, 3.63) is 137 Å². The van der Waals surface area contributed by atoms with Crippen LogP contribution in [0.15, 0.2) is 114 Å². The van der Waals surface area contributed by atoms with Crippen molar-refractivity contribution in [2.24, 2.45) is 22.9 Å². The Hall–Kier alpha value is -6.46. The third-order valence-corrected chi connectivity index (χ3v) is 12.9. The summed E-state index contributed by atoms with van der Waals surface area (Å²) in [4.78, 5) is 34.8. The highest BCUT2D eigenvalue weighted by molar-refractivity contribution is 6.03. The van der Waals surface area contributed by atoms with E-state index in [1.54, 1.807) is 59.5 Å². The fourth-order valence-electron chi connectivity index (χ4n) is 10.1. The van der Waals surface area contributed by atoms with Crippen molar-refractivity contribution in [3.8, 4) is 34.8 Å². The van der Waals surface area contributed by atoms with E-state index in [1.165, 1.54) is 0 Å². The maximum absolute atomic E-state index is 15.4. The summed E-state index contributed by atoms with van der Waals surface area (Å²) in [6.07, 6.45) is 9.32. The Balaban J connectivity index is 1.35. The number of unbranched alkanes of at least 4 members (excludes halogenated alkanes) is 2. The first-order chi connectivity index (χ1) is 31.8. The number of aliphatic hydroxyl groups excluding tert-OH is 2. The second-order valence-corrected chi connectivity index (χ2v) is 16.8. The molecule has 0 saturated heterocycles. The molecule has 1 fully saturated rings. The van der Waals surface area contributed by atoms with Crippen LogP contribution in [-0.4, -0.2) is 78.1 Å². The topological polar surface area (TPSA) is 169 Å². The molecule has 13 nitrogen and oxygen atoms in total. The van der Waals surface area contributed by atoms with E-state index in [-0.39, 0.29) is 63.2 Å². The number of fused-ring (bicyclic) bond motifs is 3. The number of ether oxygens (including phenoxy) is 5. The summed E-state index contributed by atoms with van der Waals surface area (Å²) in [7, 11) is 0. The van der Waals surface area contributed by atoms with Crippen LogP contribution >= 0.6 is 0 Å². The molecule has 8 rings (SSSR count). The smallest absolute Gasteiger partial charge is 0.254 e. The number of carbonyl (C=O) groups is 2. The molecule has 0 aromatic heterocycles. The average molecular weight is 882 g/mol. The van der Waals surface area contributed by atoms with Gasteiger partial charge in [0.05, 0.1) is 29.9 Å². The van der Waals surface area contributed by atoms with E-state index in [1.807, 2.05) is 43.3 Å². The third kappa shape index (κ3) is 9.38. The molecule has 0 radical (unpaired) electrons. The fourth-order valence-corrected chi connectivity index (χ4v) is 10.1. The zero-order valence-corrected chi connectivity index (χ0v) is 36.6. The predicted octanol–water partition coefficient (Wildman–Crippen LogP) is 8.89. The normalized spacial score (nSPS) is 23.0. The highest BCUT2D eigenvalue weighted by Crippen LogP contribution is 2.62. The standard InChI is InChI=1S/C52H55N3O10/c1-3-24-62-52-48(55(51(59)37-17-14-34(30-53)15-18-37)31-35-16-20-46-47(26-35)61-33-60-46)29-44(54-63-4-2)42-27-38(11-5-7-22-56)41(13-6-8-23-57)49(50(42)52)43-28-40(19-21-45(43)65-52)64-39-12-9-10-36(25-39)32-58/h3,9-10,12,14-21,25-28,32,38,41,48-50,56-57H,1,4-8,11,13,22-24,29,31,33H2,2H3/t38-,41+,48-,49+,50+,52+/m0/s1. The molecule has 13 heteroatoms. The molecule has 6 atom stereocenters. The summed E-state index contributed by atoms with van der Waals surface area (Å²) in [6.45, 7) is 6.67. The number of nitrogens with zero attached hydrogens (tertiary/aromatic N) is 3. The predicted molar refractivity (Wildman–Crippen MR) is 242 cm³/mol. The zero-order valence-electron chi connectivity index (χ0n) is 36.6. The Labute approximate surface area is 379 Å². The van der Waals surface area contributed by atoms with Crippen LogP contribution in [0.25, 0.3) is 0 Å². The molecule has 1 amide bonds. The van der Waals surface area contributed by atoms with Crippen molar-refractivity contribution in [1.82, 2.24) is 4.90 Å². The van der Waals surface area contributed by atoms with E-state index < -0.39 is 17.7 Å². The maximum Gasteiger partial charge on any atom is 0.254 e. The number of oxime groups is 1. The lowest BCUT2D eigenvalue weighted by Crippen LogP contribution is -2.70. The number of amides is 1. The summed E-state index contributed by atoms with van der Waals surface area (Å²) in [5, 5.41) is 34.4. The number of hydrogen-bond donors (Lipinski definition) is 2. The monoisotopic (exact) mass is 881 g/mol. The number of aldehydes is 1. The van der Waals surface area contributed by atoms with Crippen LogP contribution in [-0.2, 0) is 16.1 Å². The quantitative estimate of drug-likeness (QED) is 0.0376. The lowest BCUT2D eigenvalue weighted by molar-refractivity contribution is -0.255. The Morgan fingerprint density at radius 1 is 0.954 bits per heavy atom. The van der Waals surface area contributed by atoms with Gasteiger partial charge in [0.1, 0.15) is 36.2 Å². The second kappa shape index (κ2) is 20.6. The van der Waals surface area contributed by atoms with Crippen LogP contribution in [0.2, 0.25) is 0 Å². The minimum Gasteiger partial charge on any atom is -0.459 e. The van der Waals surface area contributed by atoms with Gasteiger partial charge in [0.25, 0.3) is 5.91 Å². The lowest BCUT2D eigenvalue weighted by Gasteiger charge is -2.60. The lowest BCUT2D eigenvalue weighted by atomic mass is 9.55. The van der Waals surface area contributed by atoms with Crippen LogP contribution in [0.4, 0.5) is 0 Å². The number of allylic oxidation sites excluding steroid dienone is 1. The number of aliphatic hydroxyl groups is 2. The number of benzene rings is 4. The van der Waals surface area contributed by atoms with Crippen LogP contribution < -0.4 is 18.9 Å². The molecule has 4 aliphatic rings. The largest absolute Gasteiger partial charge is 0.459 e. The molecule has 0 bridgehead atoms. The Bertz CT molecular complexity index is 2460. The second-order valence-electron chi connectivity index (χ2n) is 16.8. The summed E-state index contributed by atoms with van der Waals surface area (Å²) < 4.78 is 32.5. The van der Waals surface area contributed by atoms with Gasteiger partial charge in [-0.1, -0.05) is 48.3 Å². The van der Waals surface area contributed by atoms with Gasteiger partial charge in [-0.3, -0.25) is 9.59 Å². The number of nitriles is 1. The number of rotatable bonds is 20. The SMILES string of the molecule is C=CCO[C@@]12Oc3ccc(Oc4cccc(C=O)c4)cc3[C@H]3[C@H](CCCCO)[C@@H](CCCCO)C=C(C(=NOCC)C[C@@H]1N(Cc1ccc4c(c1)OCO4)C(=O)c1ccc(C#N)cc1)[C@H]32. The first-order valence-electron chi connectivity index (χ1n) is 22.5. The van der Waals surface area contributed by atoms with Crippen molar-refractivity contribution in [2.45, 2.75) is 76.2 Å². The summed E-state index contributed by atoms with van der Waals surface area (Å²) in [6, 6.07) is 26.3. The Morgan fingerprint density at radius 2 is 1.72 bits per heavy atom. The van der Waals surface area contributed by atoms with Gasteiger partial charge in [0, 0.05) is 48.8 Å². The minimum atomic E-state index is -1.52. The van der Waals surface area contributed by atoms with Gasteiger partial charge in [-0.25, -0.2) is 0 Å². The molecule has 0 spiro atoms.